The van der Waals surface area contributed by atoms with Crippen molar-refractivity contribution in [1.82, 2.24) is 5.32 Å². The van der Waals surface area contributed by atoms with Crippen LogP contribution in [0.2, 0.25) is 0 Å². The smallest absolute Gasteiger partial charge is 0.127 e. The molecule has 90 valence electrons. The second-order valence-electron chi connectivity index (χ2n) is 3.90. The standard InChI is InChI=1S/C11H15NO3.ClH/c13-7-5-9(14)11(10(15)6-7)8-3-1-2-4-12-8;/h5-6,8,12-15H,1-4H2;1H/t8-;/m0./s1. The van der Waals surface area contributed by atoms with E-state index in [1.165, 1.54) is 12.1 Å². The van der Waals surface area contributed by atoms with Crippen LogP contribution < -0.4 is 5.32 Å². The fraction of sp³-hybridized carbons (Fsp3) is 0.455. The number of hydrogen-bond acceptors (Lipinski definition) is 4. The Balaban J connectivity index is 0.00000128. The van der Waals surface area contributed by atoms with Gasteiger partial charge in [-0.05, 0) is 19.4 Å². The van der Waals surface area contributed by atoms with Gasteiger partial charge in [0.15, 0.2) is 0 Å². The number of nitrogens with one attached hydrogen (secondary N) is 1. The Bertz CT molecular complexity index is 341. The number of halogens is 1. The van der Waals surface area contributed by atoms with Crippen LogP contribution in [-0.4, -0.2) is 21.9 Å². The highest BCUT2D eigenvalue weighted by Gasteiger charge is 2.21. The fourth-order valence-electron chi connectivity index (χ4n) is 2.06. The van der Waals surface area contributed by atoms with Crippen molar-refractivity contribution in [2.75, 3.05) is 6.54 Å². The second-order valence-corrected chi connectivity index (χ2v) is 3.90. The van der Waals surface area contributed by atoms with Crippen LogP contribution in [0.5, 0.6) is 17.2 Å². The number of rotatable bonds is 1. The number of hydrogen-bond donors (Lipinski definition) is 4. The zero-order chi connectivity index (χ0) is 10.8. The molecule has 4 nitrogen and oxygen atoms in total. The monoisotopic (exact) mass is 245 g/mol. The summed E-state index contributed by atoms with van der Waals surface area (Å²) in [6, 6.07) is 2.50. The lowest BCUT2D eigenvalue weighted by molar-refractivity contribution is 0.366. The van der Waals surface area contributed by atoms with Gasteiger partial charge in [0.05, 0.1) is 5.56 Å². The van der Waals surface area contributed by atoms with E-state index in [4.69, 9.17) is 0 Å². The molecule has 1 aromatic carbocycles. The molecule has 0 aliphatic carbocycles. The van der Waals surface area contributed by atoms with Crippen molar-refractivity contribution in [2.24, 2.45) is 0 Å². The highest BCUT2D eigenvalue weighted by Crippen LogP contribution is 2.39. The van der Waals surface area contributed by atoms with Gasteiger partial charge in [-0.1, -0.05) is 6.42 Å². The van der Waals surface area contributed by atoms with Crippen LogP contribution in [0.1, 0.15) is 30.9 Å². The molecule has 0 bridgehead atoms. The summed E-state index contributed by atoms with van der Waals surface area (Å²) in [5.74, 6) is -0.219. The summed E-state index contributed by atoms with van der Waals surface area (Å²) in [4.78, 5) is 0. The molecule has 1 aliphatic heterocycles. The van der Waals surface area contributed by atoms with Crippen LogP contribution in [0.4, 0.5) is 0 Å². The highest BCUT2D eigenvalue weighted by molar-refractivity contribution is 5.85. The minimum Gasteiger partial charge on any atom is -0.508 e. The van der Waals surface area contributed by atoms with Gasteiger partial charge in [-0.15, -0.1) is 12.4 Å². The predicted molar refractivity (Wildman–Crippen MR) is 63.3 cm³/mol. The third-order valence-electron chi connectivity index (χ3n) is 2.78. The number of phenolic OH excluding ortho intramolecular Hbond substituents is 3. The third-order valence-corrected chi connectivity index (χ3v) is 2.78. The topological polar surface area (TPSA) is 72.7 Å². The van der Waals surface area contributed by atoms with Crippen molar-refractivity contribution in [1.29, 1.82) is 0 Å². The molecule has 0 amide bonds. The molecule has 0 saturated carbocycles. The third kappa shape index (κ3) is 2.51. The normalized spacial score (nSPS) is 20.1. The van der Waals surface area contributed by atoms with Crippen molar-refractivity contribution < 1.29 is 15.3 Å². The molecule has 1 fully saturated rings. The van der Waals surface area contributed by atoms with Crippen molar-refractivity contribution in [2.45, 2.75) is 25.3 Å². The lowest BCUT2D eigenvalue weighted by Crippen LogP contribution is -2.26. The first-order chi connectivity index (χ1) is 7.18. The molecular formula is C11H16ClNO3. The molecule has 0 unspecified atom stereocenters. The Morgan fingerprint density at radius 1 is 1.06 bits per heavy atom. The molecule has 1 heterocycles. The first kappa shape index (κ1) is 12.9. The van der Waals surface area contributed by atoms with Gasteiger partial charge >= 0.3 is 0 Å². The van der Waals surface area contributed by atoms with Gasteiger partial charge in [0.25, 0.3) is 0 Å². The summed E-state index contributed by atoms with van der Waals surface area (Å²) in [5.41, 5.74) is 0.493. The van der Waals surface area contributed by atoms with E-state index in [9.17, 15) is 15.3 Å². The maximum atomic E-state index is 9.66. The van der Waals surface area contributed by atoms with Gasteiger partial charge in [0.2, 0.25) is 0 Å². The Kier molecular flexibility index (Phi) is 4.26. The van der Waals surface area contributed by atoms with E-state index in [1.54, 1.807) is 0 Å². The Morgan fingerprint density at radius 3 is 2.19 bits per heavy atom. The van der Waals surface area contributed by atoms with Gasteiger partial charge in [-0.2, -0.15) is 0 Å². The van der Waals surface area contributed by atoms with E-state index in [2.05, 4.69) is 5.32 Å². The summed E-state index contributed by atoms with van der Waals surface area (Å²) in [6.07, 6.45) is 3.10. The summed E-state index contributed by atoms with van der Waals surface area (Å²) < 4.78 is 0. The number of benzene rings is 1. The second kappa shape index (κ2) is 5.27. The fourth-order valence-corrected chi connectivity index (χ4v) is 2.06. The molecule has 2 rings (SSSR count). The molecule has 5 heteroatoms. The Hall–Kier alpha value is -1.13. The SMILES string of the molecule is Cl.Oc1cc(O)c([C@@H]2CCCCN2)c(O)c1. The molecule has 1 aliphatic rings. The molecule has 16 heavy (non-hydrogen) atoms. The van der Waals surface area contributed by atoms with E-state index in [-0.39, 0.29) is 35.7 Å². The molecule has 4 N–H and O–H groups in total. The average molecular weight is 246 g/mol. The van der Waals surface area contributed by atoms with Gasteiger partial charge < -0.3 is 20.6 Å². The van der Waals surface area contributed by atoms with Gasteiger partial charge in [-0.25, -0.2) is 0 Å². The van der Waals surface area contributed by atoms with E-state index < -0.39 is 0 Å². The van der Waals surface area contributed by atoms with Crippen LogP contribution in [0.3, 0.4) is 0 Å². The van der Waals surface area contributed by atoms with Gasteiger partial charge in [-0.3, -0.25) is 0 Å². The number of aromatic hydroxyl groups is 3. The number of phenols is 3. The first-order valence-electron chi connectivity index (χ1n) is 5.16. The molecular weight excluding hydrogens is 230 g/mol. The quantitative estimate of drug-likeness (QED) is 0.611. The maximum Gasteiger partial charge on any atom is 0.127 e. The minimum atomic E-state index is -0.121. The molecule has 0 spiro atoms. The van der Waals surface area contributed by atoms with Crippen LogP contribution >= 0.6 is 12.4 Å². The van der Waals surface area contributed by atoms with Crippen molar-refractivity contribution in [3.05, 3.63) is 17.7 Å². The van der Waals surface area contributed by atoms with E-state index in [0.29, 0.717) is 5.56 Å². The van der Waals surface area contributed by atoms with Crippen LogP contribution in [0.15, 0.2) is 12.1 Å². The van der Waals surface area contributed by atoms with Crippen LogP contribution in [0.25, 0.3) is 0 Å². The summed E-state index contributed by atoms with van der Waals surface area (Å²) in [7, 11) is 0. The molecule has 0 radical (unpaired) electrons. The lowest BCUT2D eigenvalue weighted by atomic mass is 9.96. The molecule has 1 aromatic rings. The molecule has 0 aromatic heterocycles. The summed E-state index contributed by atoms with van der Waals surface area (Å²) >= 11 is 0. The predicted octanol–water partition coefficient (Wildman–Crippen LogP) is 2.04. The van der Waals surface area contributed by atoms with E-state index in [0.717, 1.165) is 25.8 Å². The zero-order valence-corrected chi connectivity index (χ0v) is 9.63. The average Bonchev–Trinajstić information content (AvgIpc) is 2.17. The molecule has 1 saturated heterocycles. The van der Waals surface area contributed by atoms with E-state index in [1.807, 2.05) is 0 Å². The summed E-state index contributed by atoms with van der Waals surface area (Å²) in [6.45, 7) is 0.893. The van der Waals surface area contributed by atoms with Gasteiger partial charge in [0, 0.05) is 18.2 Å². The van der Waals surface area contributed by atoms with E-state index >= 15 is 0 Å². The lowest BCUT2D eigenvalue weighted by Gasteiger charge is -2.25. The zero-order valence-electron chi connectivity index (χ0n) is 8.81. The van der Waals surface area contributed by atoms with Crippen molar-refractivity contribution in [3.8, 4) is 17.2 Å². The van der Waals surface area contributed by atoms with Gasteiger partial charge in [0.1, 0.15) is 17.2 Å². The minimum absolute atomic E-state index is 0. The van der Waals surface area contributed by atoms with Crippen LogP contribution in [-0.2, 0) is 0 Å². The first-order valence-corrected chi connectivity index (χ1v) is 5.16. The van der Waals surface area contributed by atoms with Crippen LogP contribution in [0, 0.1) is 0 Å². The highest BCUT2D eigenvalue weighted by atomic mass is 35.5. The Morgan fingerprint density at radius 2 is 1.69 bits per heavy atom. The van der Waals surface area contributed by atoms with Crippen molar-refractivity contribution >= 4 is 12.4 Å². The molecule has 1 atom stereocenters. The largest absolute Gasteiger partial charge is 0.508 e. The number of piperidine rings is 1. The Labute approximate surface area is 100 Å². The summed E-state index contributed by atoms with van der Waals surface area (Å²) in [5, 5.41) is 31.7. The maximum absolute atomic E-state index is 9.66. The van der Waals surface area contributed by atoms with Crippen molar-refractivity contribution in [3.63, 3.8) is 0 Å².